The highest BCUT2D eigenvalue weighted by atomic mass is 32.1. The number of rotatable bonds is 11. The summed E-state index contributed by atoms with van der Waals surface area (Å²) in [5.41, 5.74) is 1.35. The van der Waals surface area contributed by atoms with Crippen molar-refractivity contribution in [1.29, 1.82) is 0 Å². The lowest BCUT2D eigenvalue weighted by Gasteiger charge is -2.39. The largest absolute Gasteiger partial charge is 0.481 e. The van der Waals surface area contributed by atoms with Gasteiger partial charge in [0.05, 0.1) is 32.3 Å². The third-order valence-corrected chi connectivity index (χ3v) is 9.30. The monoisotopic (exact) mass is 629 g/mol. The Labute approximate surface area is 253 Å². The Balaban J connectivity index is 0.979. The predicted molar refractivity (Wildman–Crippen MR) is 157 cm³/mol. The van der Waals surface area contributed by atoms with Gasteiger partial charge in [-0.1, -0.05) is 34.8 Å². The van der Waals surface area contributed by atoms with Crippen LogP contribution >= 0.6 is 22.7 Å². The van der Waals surface area contributed by atoms with Crippen LogP contribution in [-0.4, -0.2) is 73.7 Å². The quantitative estimate of drug-likeness (QED) is 0.208. The number of hydrogen-bond acceptors (Lipinski definition) is 13. The van der Waals surface area contributed by atoms with E-state index in [0.717, 1.165) is 34.8 Å². The van der Waals surface area contributed by atoms with Gasteiger partial charge in [0.2, 0.25) is 22.1 Å². The number of aromatic nitrogens is 6. The smallest absolute Gasteiger partial charge is 0.282 e. The van der Waals surface area contributed by atoms with Gasteiger partial charge < -0.3 is 25.4 Å². The Morgan fingerprint density at radius 1 is 1.09 bits per heavy atom. The number of anilines is 3. The Hall–Kier alpha value is -3.89. The van der Waals surface area contributed by atoms with Crippen molar-refractivity contribution < 1.29 is 23.4 Å². The summed E-state index contributed by atoms with van der Waals surface area (Å²) in [5, 5.41) is 36.0. The summed E-state index contributed by atoms with van der Waals surface area (Å²) in [6.07, 6.45) is 3.85. The molecule has 3 atom stereocenters. The molecule has 0 spiro atoms. The lowest BCUT2D eigenvalue weighted by molar-refractivity contribution is -0.115. The van der Waals surface area contributed by atoms with E-state index in [1.165, 1.54) is 27.6 Å². The van der Waals surface area contributed by atoms with Crippen LogP contribution in [0, 0.1) is 0 Å². The van der Waals surface area contributed by atoms with E-state index in [-0.39, 0.29) is 37.3 Å². The fourth-order valence-corrected chi connectivity index (χ4v) is 7.00. The van der Waals surface area contributed by atoms with Crippen LogP contribution in [0.1, 0.15) is 52.4 Å². The zero-order valence-corrected chi connectivity index (χ0v) is 24.7. The number of pyridine rings is 2. The molecule has 4 aromatic rings. The van der Waals surface area contributed by atoms with Crippen LogP contribution in [0.15, 0.2) is 36.5 Å². The molecule has 0 bridgehead atoms. The molecular formula is C27H29F2N9O3S2. The van der Waals surface area contributed by atoms with Gasteiger partial charge in [0.1, 0.15) is 22.1 Å². The summed E-state index contributed by atoms with van der Waals surface area (Å²) in [6, 6.07) is 8.66. The molecule has 1 saturated carbocycles. The minimum absolute atomic E-state index is 0.00239. The first-order valence-electron chi connectivity index (χ1n) is 13.7. The van der Waals surface area contributed by atoms with Gasteiger partial charge in [-0.25, -0.2) is 18.7 Å². The maximum Gasteiger partial charge on any atom is 0.282 e. The summed E-state index contributed by atoms with van der Waals surface area (Å²) in [5.74, 6) is -1.64. The van der Waals surface area contributed by atoms with Crippen LogP contribution < -0.4 is 20.3 Å². The molecule has 1 amide bonds. The van der Waals surface area contributed by atoms with Crippen LogP contribution in [-0.2, 0) is 17.6 Å². The molecule has 1 unspecified atom stereocenters. The minimum atomic E-state index is -2.69. The molecule has 12 nitrogen and oxygen atoms in total. The second-order valence-corrected chi connectivity index (χ2v) is 12.6. The maximum atomic E-state index is 13.2. The number of ether oxygens (including phenoxy) is 1. The van der Waals surface area contributed by atoms with E-state index in [4.69, 9.17) is 4.74 Å². The van der Waals surface area contributed by atoms with Crippen molar-refractivity contribution >= 4 is 44.7 Å². The van der Waals surface area contributed by atoms with Crippen molar-refractivity contribution in [3.05, 3.63) is 57.8 Å². The molecule has 5 heterocycles. The van der Waals surface area contributed by atoms with E-state index in [1.54, 1.807) is 37.6 Å². The van der Waals surface area contributed by atoms with E-state index < -0.39 is 12.2 Å². The number of aliphatic hydroxyl groups is 1. The molecule has 3 N–H and O–H groups in total. The number of methoxy groups -OCH3 is 1. The number of amides is 1. The van der Waals surface area contributed by atoms with Gasteiger partial charge in [-0.2, -0.15) is 0 Å². The lowest BCUT2D eigenvalue weighted by Crippen LogP contribution is -2.56. The van der Waals surface area contributed by atoms with Crippen molar-refractivity contribution in [3.63, 3.8) is 0 Å². The van der Waals surface area contributed by atoms with Crippen molar-refractivity contribution in [1.82, 2.24) is 30.4 Å². The van der Waals surface area contributed by atoms with E-state index in [1.807, 2.05) is 6.07 Å². The predicted octanol–water partition coefficient (Wildman–Crippen LogP) is 3.85. The second-order valence-electron chi connectivity index (χ2n) is 10.6. The van der Waals surface area contributed by atoms with Crippen molar-refractivity contribution in [2.45, 2.75) is 56.1 Å². The highest BCUT2D eigenvalue weighted by Crippen LogP contribution is 2.45. The van der Waals surface area contributed by atoms with Gasteiger partial charge in [-0.15, -0.1) is 20.4 Å². The lowest BCUT2D eigenvalue weighted by atomic mass is 10.1. The fraction of sp³-hybridized carbons (Fsp3) is 0.444. The minimum Gasteiger partial charge on any atom is -0.481 e. The van der Waals surface area contributed by atoms with Gasteiger partial charge in [0.15, 0.2) is 0 Å². The molecule has 4 aromatic heterocycles. The summed E-state index contributed by atoms with van der Waals surface area (Å²) in [4.78, 5) is 22.6. The Kier molecular flexibility index (Phi) is 8.41. The number of aliphatic hydroxyl groups excluding tert-OH is 1. The number of halogens is 2. The molecule has 1 saturated heterocycles. The Morgan fingerprint density at radius 2 is 1.81 bits per heavy atom. The van der Waals surface area contributed by atoms with Crippen molar-refractivity contribution in [3.8, 4) is 5.88 Å². The molecule has 0 aromatic carbocycles. The number of carbonyl (C=O) groups is 1. The van der Waals surface area contributed by atoms with Crippen LogP contribution in [0.25, 0.3) is 0 Å². The summed E-state index contributed by atoms with van der Waals surface area (Å²) < 4.78 is 31.5. The third kappa shape index (κ3) is 7.19. The first kappa shape index (κ1) is 29.2. The molecular weight excluding hydrogens is 600 g/mol. The summed E-state index contributed by atoms with van der Waals surface area (Å²) in [6.45, 7) is -0.732. The first-order valence-corrected chi connectivity index (χ1v) is 15.4. The number of nitrogens with zero attached hydrogens (tertiary/aromatic N) is 7. The van der Waals surface area contributed by atoms with E-state index in [2.05, 4.69) is 41.0 Å². The summed E-state index contributed by atoms with van der Waals surface area (Å²) >= 11 is 2.78. The first-order chi connectivity index (χ1) is 20.7. The van der Waals surface area contributed by atoms with Crippen molar-refractivity contribution in [2.75, 3.05) is 35.7 Å². The molecule has 1 aliphatic heterocycles. The van der Waals surface area contributed by atoms with Crippen LogP contribution in [0.5, 0.6) is 5.88 Å². The van der Waals surface area contributed by atoms with Gasteiger partial charge in [-0.3, -0.25) is 4.79 Å². The molecule has 6 rings (SSSR count). The Morgan fingerprint density at radius 3 is 2.49 bits per heavy atom. The second kappa shape index (κ2) is 12.4. The average Bonchev–Trinajstić information content (AvgIpc) is 3.73. The Bertz CT molecular complexity index is 1560. The van der Waals surface area contributed by atoms with E-state index in [9.17, 15) is 18.7 Å². The number of hydrogen-bond donors (Lipinski definition) is 3. The SMILES string of the molecule is COc1ccc(CC(O)Nc2nnc([C@H]3CC[C@H](c4nnc(NC(=O)Cc5cccc(N6CC(F)(F)C6)n5)s4)C3)s2)cn1. The van der Waals surface area contributed by atoms with Crippen LogP contribution in [0.4, 0.5) is 24.9 Å². The highest BCUT2D eigenvalue weighted by Gasteiger charge is 2.44. The molecule has 43 heavy (non-hydrogen) atoms. The molecule has 1 aliphatic carbocycles. The molecule has 2 fully saturated rings. The molecule has 0 radical (unpaired) electrons. The van der Waals surface area contributed by atoms with Crippen molar-refractivity contribution in [2.24, 2.45) is 0 Å². The molecule has 16 heteroatoms. The average molecular weight is 630 g/mol. The van der Waals surface area contributed by atoms with Gasteiger partial charge in [0.25, 0.3) is 5.92 Å². The van der Waals surface area contributed by atoms with Gasteiger partial charge in [-0.05, 0) is 37.0 Å². The van der Waals surface area contributed by atoms with Crippen LogP contribution in [0.2, 0.25) is 0 Å². The zero-order chi connectivity index (χ0) is 30.0. The topological polar surface area (TPSA) is 151 Å². The van der Waals surface area contributed by atoms with Gasteiger partial charge >= 0.3 is 0 Å². The third-order valence-electron chi connectivity index (χ3n) is 7.29. The summed E-state index contributed by atoms with van der Waals surface area (Å²) in [7, 11) is 1.55. The molecule has 226 valence electrons. The standard InChI is InChI=1S/C27H29F2N9O3S2/c1-41-22-8-5-15(12-30-22)9-20(39)32-25-36-34-23(42-25)16-6-7-17(10-16)24-35-37-26(43-24)33-21(40)11-18-3-2-4-19(31-18)38-13-27(28,29)14-38/h2-5,8,12,16-17,20,39H,6-7,9-11,13-14H2,1H3,(H,32,36)(H,33,37,40)/t16-,17-,20?/m0/s1. The van der Waals surface area contributed by atoms with Crippen LogP contribution in [0.3, 0.4) is 0 Å². The number of nitrogens with one attached hydrogen (secondary N) is 2. The number of alkyl halides is 2. The van der Waals surface area contributed by atoms with Gasteiger partial charge in [0, 0.05) is 30.5 Å². The fourth-order valence-electron chi connectivity index (χ4n) is 5.15. The number of carbonyl (C=O) groups excluding carboxylic acids is 1. The molecule has 2 aliphatic rings. The van der Waals surface area contributed by atoms with E-state index >= 15 is 0 Å². The normalized spacial score (nSPS) is 20.0. The maximum absolute atomic E-state index is 13.2. The highest BCUT2D eigenvalue weighted by molar-refractivity contribution is 7.15. The zero-order valence-electron chi connectivity index (χ0n) is 23.1. The van der Waals surface area contributed by atoms with E-state index in [0.29, 0.717) is 34.1 Å².